The first-order valence-corrected chi connectivity index (χ1v) is 7.69. The van der Waals surface area contributed by atoms with Crippen LogP contribution in [0.5, 0.6) is 0 Å². The molecule has 0 aromatic heterocycles. The summed E-state index contributed by atoms with van der Waals surface area (Å²) in [5.74, 6) is 0. The molecular weight excluding hydrogens is 391 g/mol. The van der Waals surface area contributed by atoms with Crippen molar-refractivity contribution in [1.29, 1.82) is 0 Å². The minimum absolute atomic E-state index is 0. The first-order chi connectivity index (χ1) is 5.79. The fourth-order valence-electron chi connectivity index (χ4n) is 2.09. The summed E-state index contributed by atoms with van der Waals surface area (Å²) in [7, 11) is -1.07. The summed E-state index contributed by atoms with van der Waals surface area (Å²) in [4.78, 5) is 0. The molecule has 0 saturated heterocycles. The molecule has 1 aliphatic carbocycles. The van der Waals surface area contributed by atoms with E-state index < -0.39 is 8.07 Å². The maximum absolute atomic E-state index is 3.52. The van der Waals surface area contributed by atoms with Crippen molar-refractivity contribution in [3.05, 3.63) is 45.7 Å². The normalized spacial score (nSPS) is 12.6. The number of hydrogen-bond donors (Lipinski definition) is 0. The van der Waals surface area contributed by atoms with Gasteiger partial charge in [0, 0.05) is 8.07 Å². The standard InChI is InChI=1S/C11H19Si.3CH3.Pt/c1-4-12(5-2,6-3)11-9-7-8-10-11;;;;/h7,9H,4-6,8H2,1-3H3;3*1H3;/q4*-1;+4. The zero-order valence-corrected chi connectivity index (χ0v) is 15.1. The molecule has 98 valence electrons. The summed E-state index contributed by atoms with van der Waals surface area (Å²) in [5.41, 5.74) is 0. The van der Waals surface area contributed by atoms with Crippen LogP contribution in [0, 0.1) is 28.4 Å². The minimum Gasteiger partial charge on any atom is -0.358 e. The van der Waals surface area contributed by atoms with Crippen LogP contribution < -0.4 is 0 Å². The number of allylic oxidation sites excluding steroid dienone is 4. The fraction of sp³-hybridized carbons (Fsp3) is 0.500. The first-order valence-electron chi connectivity index (χ1n) is 5.07. The van der Waals surface area contributed by atoms with E-state index in [0.717, 1.165) is 6.42 Å². The second kappa shape index (κ2) is 11.9. The molecule has 0 fully saturated rings. The molecule has 0 nitrogen and oxygen atoms in total. The molecule has 0 heterocycles. The van der Waals surface area contributed by atoms with Gasteiger partial charge in [-0.2, -0.15) is 6.08 Å². The predicted molar refractivity (Wildman–Crippen MR) is 77.0 cm³/mol. The molecule has 16 heavy (non-hydrogen) atoms. The van der Waals surface area contributed by atoms with E-state index >= 15 is 0 Å². The Morgan fingerprint density at radius 3 is 1.75 bits per heavy atom. The first kappa shape index (κ1) is 25.3. The van der Waals surface area contributed by atoms with Crippen molar-refractivity contribution >= 4 is 8.07 Å². The second-order valence-corrected chi connectivity index (χ2v) is 8.76. The molecule has 2 heteroatoms. The van der Waals surface area contributed by atoms with Crippen molar-refractivity contribution in [2.45, 2.75) is 45.3 Å². The SMILES string of the molecule is CC[Si](CC)(CC)C1=[C-]CC=C1.[CH3-].[CH3-].[CH3-].[Pt+4]. The van der Waals surface area contributed by atoms with Gasteiger partial charge < -0.3 is 22.3 Å². The van der Waals surface area contributed by atoms with Gasteiger partial charge in [0.2, 0.25) is 0 Å². The fourth-order valence-corrected chi connectivity index (χ4v) is 5.68. The van der Waals surface area contributed by atoms with Gasteiger partial charge in [-0.25, -0.2) is 11.3 Å². The quantitative estimate of drug-likeness (QED) is 0.441. The monoisotopic (exact) mass is 419 g/mol. The van der Waals surface area contributed by atoms with Crippen LogP contribution in [0.4, 0.5) is 0 Å². The van der Waals surface area contributed by atoms with Crippen molar-refractivity contribution in [3.8, 4) is 0 Å². The Hall–Kier alpha value is 0.385. The van der Waals surface area contributed by atoms with Crippen LogP contribution in [0.2, 0.25) is 18.1 Å². The minimum atomic E-state index is -1.07. The maximum atomic E-state index is 3.52. The van der Waals surface area contributed by atoms with Crippen molar-refractivity contribution in [1.82, 2.24) is 0 Å². The van der Waals surface area contributed by atoms with Crippen LogP contribution in [0.1, 0.15) is 27.2 Å². The van der Waals surface area contributed by atoms with Gasteiger partial charge in [0.15, 0.2) is 0 Å². The van der Waals surface area contributed by atoms with Crippen molar-refractivity contribution < 1.29 is 21.1 Å². The van der Waals surface area contributed by atoms with Crippen LogP contribution in [0.15, 0.2) is 17.3 Å². The third-order valence-corrected chi connectivity index (χ3v) is 8.84. The van der Waals surface area contributed by atoms with E-state index in [0.29, 0.717) is 0 Å². The van der Waals surface area contributed by atoms with Gasteiger partial charge in [0.1, 0.15) is 0 Å². The molecule has 0 N–H and O–H groups in total. The van der Waals surface area contributed by atoms with Crippen LogP contribution in [-0.4, -0.2) is 8.07 Å². The number of hydrogen-bond acceptors (Lipinski definition) is 0. The van der Waals surface area contributed by atoms with Crippen LogP contribution >= 0.6 is 0 Å². The summed E-state index contributed by atoms with van der Waals surface area (Å²) in [6.07, 6.45) is 9.15. The molecule has 0 amide bonds. The zero-order valence-electron chi connectivity index (χ0n) is 11.8. The Kier molecular flexibility index (Phi) is 18.7. The van der Waals surface area contributed by atoms with Crippen molar-refractivity contribution in [3.63, 3.8) is 0 Å². The molecule has 0 spiro atoms. The van der Waals surface area contributed by atoms with Gasteiger partial charge in [-0.15, -0.1) is 6.42 Å². The molecule has 0 saturated carbocycles. The van der Waals surface area contributed by atoms with E-state index in [4.69, 9.17) is 0 Å². The van der Waals surface area contributed by atoms with E-state index in [1.165, 1.54) is 18.1 Å². The second-order valence-electron chi connectivity index (χ2n) is 3.54. The topological polar surface area (TPSA) is 0 Å². The zero-order chi connectivity index (χ0) is 9.03. The molecule has 0 unspecified atom stereocenters. The molecule has 0 aromatic carbocycles. The Bertz CT molecular complexity index is 195. The summed E-state index contributed by atoms with van der Waals surface area (Å²) in [6, 6.07) is 4.14. The smallest absolute Gasteiger partial charge is 0.358 e. The van der Waals surface area contributed by atoms with E-state index in [2.05, 4.69) is 39.0 Å². The van der Waals surface area contributed by atoms with Crippen LogP contribution in [0.3, 0.4) is 0 Å². The van der Waals surface area contributed by atoms with Gasteiger partial charge in [-0.05, 0) is 0 Å². The maximum Gasteiger partial charge on any atom is 4.00 e. The van der Waals surface area contributed by atoms with Crippen LogP contribution in [-0.2, 0) is 21.1 Å². The molecule has 0 radical (unpaired) electrons. The van der Waals surface area contributed by atoms with Gasteiger partial charge in [0.05, 0.1) is 0 Å². The Morgan fingerprint density at radius 1 is 1.06 bits per heavy atom. The summed E-state index contributed by atoms with van der Waals surface area (Å²) in [5, 5.41) is 1.59. The third-order valence-electron chi connectivity index (χ3n) is 3.30. The molecule has 1 rings (SSSR count). The van der Waals surface area contributed by atoms with Gasteiger partial charge >= 0.3 is 21.1 Å². The van der Waals surface area contributed by atoms with E-state index in [9.17, 15) is 0 Å². The Morgan fingerprint density at radius 2 is 1.50 bits per heavy atom. The largest absolute Gasteiger partial charge is 4.00 e. The Balaban J connectivity index is -0.000000180. The van der Waals surface area contributed by atoms with E-state index in [-0.39, 0.29) is 43.3 Å². The predicted octanol–water partition coefficient (Wildman–Crippen LogP) is 5.07. The van der Waals surface area contributed by atoms with Gasteiger partial charge in [-0.1, -0.05) is 38.9 Å². The van der Waals surface area contributed by atoms with Crippen LogP contribution in [0.25, 0.3) is 0 Å². The average Bonchev–Trinajstić information content (AvgIpc) is 2.62. The molecule has 0 bridgehead atoms. The van der Waals surface area contributed by atoms with Crippen molar-refractivity contribution in [2.24, 2.45) is 0 Å². The third kappa shape index (κ3) is 5.14. The van der Waals surface area contributed by atoms with Gasteiger partial charge in [0.25, 0.3) is 0 Å². The average molecular weight is 420 g/mol. The number of rotatable bonds is 4. The Labute approximate surface area is 120 Å². The van der Waals surface area contributed by atoms with E-state index in [1.54, 1.807) is 5.20 Å². The van der Waals surface area contributed by atoms with Gasteiger partial charge in [-0.3, -0.25) is 6.08 Å². The molecule has 0 aromatic rings. The summed E-state index contributed by atoms with van der Waals surface area (Å²) < 4.78 is 0. The summed E-state index contributed by atoms with van der Waals surface area (Å²) in [6.45, 7) is 7.04. The van der Waals surface area contributed by atoms with Crippen molar-refractivity contribution in [2.75, 3.05) is 0 Å². The van der Waals surface area contributed by atoms with E-state index in [1.807, 2.05) is 0 Å². The molecule has 1 aliphatic rings. The summed E-state index contributed by atoms with van der Waals surface area (Å²) >= 11 is 0. The molecular formula is C14H28PtSi. The molecule has 0 atom stereocenters. The molecule has 0 aliphatic heterocycles.